The molecule has 0 saturated carbocycles. The Morgan fingerprint density at radius 3 is 2.84 bits per heavy atom. The van der Waals surface area contributed by atoms with Gasteiger partial charge in [-0.25, -0.2) is 0 Å². The second kappa shape index (κ2) is 4.74. The van der Waals surface area contributed by atoms with Gasteiger partial charge in [-0.05, 0) is 43.5 Å². The van der Waals surface area contributed by atoms with Crippen molar-refractivity contribution >= 4 is 5.69 Å². The third kappa shape index (κ3) is 1.85. The van der Waals surface area contributed by atoms with Gasteiger partial charge in [0.15, 0.2) is 0 Å². The van der Waals surface area contributed by atoms with Crippen LogP contribution in [0.4, 0.5) is 5.69 Å². The van der Waals surface area contributed by atoms with Crippen LogP contribution in [0.2, 0.25) is 0 Å². The molecule has 1 aromatic carbocycles. The number of benzene rings is 1. The Morgan fingerprint density at radius 1 is 1.21 bits per heavy atom. The molecule has 19 heavy (non-hydrogen) atoms. The maximum absolute atomic E-state index is 9.17. The molecule has 0 saturated heterocycles. The van der Waals surface area contributed by atoms with Crippen LogP contribution in [0.15, 0.2) is 42.6 Å². The van der Waals surface area contributed by atoms with Gasteiger partial charge in [-0.1, -0.05) is 19.1 Å². The SMILES string of the molecule is CCC1(CCCO)Nc2ccccc2-n2cccc21. The van der Waals surface area contributed by atoms with Crippen molar-refractivity contribution in [2.24, 2.45) is 0 Å². The summed E-state index contributed by atoms with van der Waals surface area (Å²) >= 11 is 0. The number of fused-ring (bicyclic) bond motifs is 3. The molecule has 3 rings (SSSR count). The molecule has 1 aliphatic heterocycles. The summed E-state index contributed by atoms with van der Waals surface area (Å²) in [5.74, 6) is 0. The molecule has 0 radical (unpaired) electrons. The third-order valence-electron chi connectivity index (χ3n) is 4.14. The number of nitrogens with zero attached hydrogens (tertiary/aromatic N) is 1. The van der Waals surface area contributed by atoms with E-state index in [1.54, 1.807) is 0 Å². The standard InChI is InChI=1S/C16H20N2O/c1-2-16(10-6-12-19)15-9-5-11-18(15)14-8-4-3-7-13(14)17-16/h3-5,7-9,11,17,19H,2,6,10,12H2,1H3. The van der Waals surface area contributed by atoms with Gasteiger partial charge in [0.25, 0.3) is 0 Å². The van der Waals surface area contributed by atoms with Crippen LogP contribution in [0.25, 0.3) is 5.69 Å². The molecule has 1 aromatic heterocycles. The van der Waals surface area contributed by atoms with Gasteiger partial charge in [0.2, 0.25) is 0 Å². The highest BCUT2D eigenvalue weighted by Gasteiger charge is 2.36. The molecule has 2 heterocycles. The van der Waals surface area contributed by atoms with E-state index in [2.05, 4.69) is 59.4 Å². The van der Waals surface area contributed by atoms with Crippen LogP contribution >= 0.6 is 0 Å². The quantitative estimate of drug-likeness (QED) is 0.881. The van der Waals surface area contributed by atoms with Crippen molar-refractivity contribution < 1.29 is 5.11 Å². The summed E-state index contributed by atoms with van der Waals surface area (Å²) in [6.07, 6.45) is 4.89. The lowest BCUT2D eigenvalue weighted by molar-refractivity contribution is 0.261. The van der Waals surface area contributed by atoms with E-state index < -0.39 is 0 Å². The highest BCUT2D eigenvalue weighted by Crippen LogP contribution is 2.41. The lowest BCUT2D eigenvalue weighted by atomic mass is 9.84. The molecule has 1 aliphatic rings. The number of rotatable bonds is 4. The van der Waals surface area contributed by atoms with Gasteiger partial charge in [-0.2, -0.15) is 0 Å². The molecule has 2 aromatic rings. The normalized spacial score (nSPS) is 20.5. The average Bonchev–Trinajstić information content (AvgIpc) is 2.95. The highest BCUT2D eigenvalue weighted by molar-refractivity contribution is 5.66. The summed E-state index contributed by atoms with van der Waals surface area (Å²) in [5, 5.41) is 12.9. The Kier molecular flexibility index (Phi) is 3.07. The van der Waals surface area contributed by atoms with Gasteiger partial charge in [0, 0.05) is 18.5 Å². The summed E-state index contributed by atoms with van der Waals surface area (Å²) in [7, 11) is 0. The summed E-state index contributed by atoms with van der Waals surface area (Å²) in [6, 6.07) is 12.7. The van der Waals surface area contributed by atoms with E-state index in [-0.39, 0.29) is 12.1 Å². The maximum atomic E-state index is 9.17. The number of aliphatic hydroxyl groups excluding tert-OH is 1. The molecule has 1 unspecified atom stereocenters. The van der Waals surface area contributed by atoms with Gasteiger partial charge >= 0.3 is 0 Å². The number of aromatic nitrogens is 1. The van der Waals surface area contributed by atoms with Gasteiger partial charge in [0.1, 0.15) is 0 Å². The zero-order valence-electron chi connectivity index (χ0n) is 11.3. The molecule has 0 aliphatic carbocycles. The van der Waals surface area contributed by atoms with Crippen LogP contribution in [0.1, 0.15) is 31.9 Å². The molecular formula is C16H20N2O. The number of hydrogen-bond acceptors (Lipinski definition) is 2. The molecule has 0 fully saturated rings. The van der Waals surface area contributed by atoms with E-state index in [1.807, 2.05) is 0 Å². The average molecular weight is 256 g/mol. The van der Waals surface area contributed by atoms with E-state index in [4.69, 9.17) is 5.11 Å². The summed E-state index contributed by atoms with van der Waals surface area (Å²) in [5.41, 5.74) is 3.60. The molecular weight excluding hydrogens is 236 g/mol. The molecule has 2 N–H and O–H groups in total. The Bertz CT molecular complexity index is 576. The molecule has 3 nitrogen and oxygen atoms in total. The number of anilines is 1. The molecule has 0 spiro atoms. The Balaban J connectivity index is 2.11. The van der Waals surface area contributed by atoms with Crippen molar-refractivity contribution in [3.8, 4) is 5.69 Å². The third-order valence-corrected chi connectivity index (χ3v) is 4.14. The van der Waals surface area contributed by atoms with Crippen LogP contribution in [0.3, 0.4) is 0 Å². The van der Waals surface area contributed by atoms with Crippen molar-refractivity contribution in [3.05, 3.63) is 48.3 Å². The van der Waals surface area contributed by atoms with E-state index in [0.29, 0.717) is 0 Å². The minimum atomic E-state index is -0.0689. The lowest BCUT2D eigenvalue weighted by Gasteiger charge is -2.40. The Morgan fingerprint density at radius 2 is 2.05 bits per heavy atom. The number of nitrogens with one attached hydrogen (secondary N) is 1. The first-order chi connectivity index (χ1) is 9.30. The van der Waals surface area contributed by atoms with Crippen LogP contribution < -0.4 is 5.32 Å². The number of hydrogen-bond donors (Lipinski definition) is 2. The van der Waals surface area contributed by atoms with Crippen LogP contribution in [0.5, 0.6) is 0 Å². The first-order valence-corrected chi connectivity index (χ1v) is 6.97. The van der Waals surface area contributed by atoms with E-state index in [9.17, 15) is 0 Å². The van der Waals surface area contributed by atoms with E-state index in [1.165, 1.54) is 17.1 Å². The fourth-order valence-electron chi connectivity index (χ4n) is 3.11. The van der Waals surface area contributed by atoms with Crippen LogP contribution in [0, 0.1) is 0 Å². The van der Waals surface area contributed by atoms with Crippen LogP contribution in [-0.4, -0.2) is 16.3 Å². The van der Waals surface area contributed by atoms with Gasteiger partial charge in [-0.15, -0.1) is 0 Å². The number of para-hydroxylation sites is 2. The highest BCUT2D eigenvalue weighted by atomic mass is 16.2. The van der Waals surface area contributed by atoms with Crippen molar-refractivity contribution in [3.63, 3.8) is 0 Å². The van der Waals surface area contributed by atoms with Crippen molar-refractivity contribution in [2.45, 2.75) is 31.7 Å². The molecule has 0 bridgehead atoms. The second-order valence-corrected chi connectivity index (χ2v) is 5.17. The van der Waals surface area contributed by atoms with Crippen molar-refractivity contribution in [2.75, 3.05) is 11.9 Å². The lowest BCUT2D eigenvalue weighted by Crippen LogP contribution is -2.40. The maximum Gasteiger partial charge on any atom is 0.0778 e. The monoisotopic (exact) mass is 256 g/mol. The summed E-state index contributed by atoms with van der Waals surface area (Å²) in [4.78, 5) is 0. The molecule has 0 amide bonds. The zero-order chi connectivity index (χ0) is 13.3. The number of aliphatic hydroxyl groups is 1. The first kappa shape index (κ1) is 12.3. The molecule has 100 valence electrons. The predicted molar refractivity (Wildman–Crippen MR) is 77.7 cm³/mol. The molecule has 1 atom stereocenters. The Labute approximate surface area is 113 Å². The Hall–Kier alpha value is -1.74. The fraction of sp³-hybridized carbons (Fsp3) is 0.375. The largest absolute Gasteiger partial charge is 0.396 e. The fourth-order valence-corrected chi connectivity index (χ4v) is 3.11. The minimum absolute atomic E-state index is 0.0689. The molecule has 3 heteroatoms. The van der Waals surface area contributed by atoms with Gasteiger partial charge < -0.3 is 15.0 Å². The minimum Gasteiger partial charge on any atom is -0.396 e. The zero-order valence-corrected chi connectivity index (χ0v) is 11.3. The predicted octanol–water partition coefficient (Wildman–Crippen LogP) is 3.28. The second-order valence-electron chi connectivity index (χ2n) is 5.17. The first-order valence-electron chi connectivity index (χ1n) is 6.97. The topological polar surface area (TPSA) is 37.2 Å². The summed E-state index contributed by atoms with van der Waals surface area (Å²) < 4.78 is 2.27. The van der Waals surface area contributed by atoms with Gasteiger partial charge in [0.05, 0.1) is 16.9 Å². The summed E-state index contributed by atoms with van der Waals surface area (Å²) in [6.45, 7) is 2.45. The van der Waals surface area contributed by atoms with Crippen molar-refractivity contribution in [1.82, 2.24) is 4.57 Å². The van der Waals surface area contributed by atoms with Gasteiger partial charge in [-0.3, -0.25) is 0 Å². The van der Waals surface area contributed by atoms with Crippen molar-refractivity contribution in [1.29, 1.82) is 0 Å². The smallest absolute Gasteiger partial charge is 0.0778 e. The van der Waals surface area contributed by atoms with Crippen LogP contribution in [-0.2, 0) is 5.54 Å². The van der Waals surface area contributed by atoms with E-state index >= 15 is 0 Å². The van der Waals surface area contributed by atoms with E-state index in [0.717, 1.165) is 19.3 Å².